The summed E-state index contributed by atoms with van der Waals surface area (Å²) < 4.78 is 23.4. The molecule has 0 unspecified atom stereocenters. The number of sulfone groups is 1. The lowest BCUT2D eigenvalue weighted by molar-refractivity contribution is 0.0954. The van der Waals surface area contributed by atoms with Gasteiger partial charge in [-0.3, -0.25) is 9.79 Å². The van der Waals surface area contributed by atoms with Gasteiger partial charge in [0.15, 0.2) is 15.0 Å². The van der Waals surface area contributed by atoms with Gasteiger partial charge >= 0.3 is 0 Å². The third-order valence-corrected chi connectivity index (χ3v) is 8.57. The lowest BCUT2D eigenvalue weighted by Gasteiger charge is -2.12. The second-order valence-electron chi connectivity index (χ2n) is 7.52. The number of hydrogen-bond acceptors (Lipinski definition) is 6. The molecule has 0 bridgehead atoms. The molecule has 1 saturated heterocycles. The summed E-state index contributed by atoms with van der Waals surface area (Å²) in [7, 11) is -2.97. The van der Waals surface area contributed by atoms with Crippen molar-refractivity contribution in [1.82, 2.24) is 5.32 Å². The summed E-state index contributed by atoms with van der Waals surface area (Å²) in [5.74, 6) is 0.146. The Bertz CT molecular complexity index is 1100. The van der Waals surface area contributed by atoms with Crippen LogP contribution >= 0.6 is 23.4 Å². The van der Waals surface area contributed by atoms with E-state index in [0.29, 0.717) is 22.3 Å². The van der Waals surface area contributed by atoms with E-state index in [1.165, 1.54) is 11.8 Å². The highest BCUT2D eigenvalue weighted by atomic mass is 35.5. The molecule has 2 aromatic rings. The van der Waals surface area contributed by atoms with Gasteiger partial charge in [0.05, 0.1) is 17.5 Å². The Morgan fingerprint density at radius 2 is 1.97 bits per heavy atom. The summed E-state index contributed by atoms with van der Waals surface area (Å²) in [6, 6.07) is 12.9. The average molecular weight is 464 g/mol. The van der Waals surface area contributed by atoms with Crippen molar-refractivity contribution in [2.45, 2.75) is 24.6 Å². The molecule has 9 heteroatoms. The predicted octanol–water partition coefficient (Wildman–Crippen LogP) is 3.30. The van der Waals surface area contributed by atoms with Crippen LogP contribution in [0.2, 0.25) is 5.02 Å². The lowest BCUT2D eigenvalue weighted by atomic mass is 10.1. The number of amidine groups is 1. The molecule has 4 rings (SSSR count). The topological polar surface area (TPSA) is 87.6 Å². The number of hydrogen-bond donors (Lipinski definition) is 2. The molecule has 0 spiro atoms. The first-order chi connectivity index (χ1) is 14.3. The SMILES string of the molecule is Cc1ccc(C(=O)NCCc2ccc(Cl)cc2)cc1NC1=N[C@@H]2CS(=O)(=O)C[C@@H]2S1. The van der Waals surface area contributed by atoms with Gasteiger partial charge in [0.1, 0.15) is 0 Å². The molecule has 2 aliphatic rings. The van der Waals surface area contributed by atoms with Gasteiger partial charge in [-0.15, -0.1) is 0 Å². The highest BCUT2D eigenvalue weighted by Crippen LogP contribution is 2.35. The van der Waals surface area contributed by atoms with Crippen molar-refractivity contribution in [3.05, 3.63) is 64.2 Å². The summed E-state index contributed by atoms with van der Waals surface area (Å²) >= 11 is 7.36. The number of halogens is 1. The molecular weight excluding hydrogens is 442 g/mol. The van der Waals surface area contributed by atoms with E-state index in [2.05, 4.69) is 15.6 Å². The van der Waals surface area contributed by atoms with E-state index in [-0.39, 0.29) is 28.7 Å². The maximum atomic E-state index is 12.6. The van der Waals surface area contributed by atoms with Gasteiger partial charge in [-0.25, -0.2) is 8.42 Å². The molecule has 2 N–H and O–H groups in total. The normalized spacial score (nSPS) is 21.7. The Balaban J connectivity index is 1.37. The first-order valence-corrected chi connectivity index (χ1v) is 12.7. The number of thioether (sulfide) groups is 1. The van der Waals surface area contributed by atoms with Gasteiger partial charge in [-0.2, -0.15) is 0 Å². The number of anilines is 1. The van der Waals surface area contributed by atoms with Gasteiger partial charge in [0.25, 0.3) is 5.91 Å². The quantitative estimate of drug-likeness (QED) is 0.710. The monoisotopic (exact) mass is 463 g/mol. The molecule has 0 aromatic heterocycles. The van der Waals surface area contributed by atoms with Crippen molar-refractivity contribution in [3.8, 4) is 0 Å². The Labute approximate surface area is 185 Å². The fraction of sp³-hybridized carbons (Fsp3) is 0.333. The average Bonchev–Trinajstić information content (AvgIpc) is 3.17. The Kier molecular flexibility index (Phi) is 6.09. The molecule has 6 nitrogen and oxygen atoms in total. The molecule has 0 radical (unpaired) electrons. The largest absolute Gasteiger partial charge is 0.352 e. The number of rotatable bonds is 5. The molecule has 1 amide bonds. The lowest BCUT2D eigenvalue weighted by Crippen LogP contribution is -2.25. The molecule has 158 valence electrons. The summed E-state index contributed by atoms with van der Waals surface area (Å²) in [6.45, 7) is 2.48. The van der Waals surface area contributed by atoms with Crippen molar-refractivity contribution >= 4 is 50.0 Å². The van der Waals surface area contributed by atoms with Crippen molar-refractivity contribution in [2.75, 3.05) is 23.4 Å². The molecule has 2 atom stereocenters. The van der Waals surface area contributed by atoms with E-state index in [9.17, 15) is 13.2 Å². The zero-order chi connectivity index (χ0) is 21.3. The number of nitrogens with one attached hydrogen (secondary N) is 2. The van der Waals surface area contributed by atoms with Gasteiger partial charge in [0, 0.05) is 28.1 Å². The van der Waals surface area contributed by atoms with Crippen LogP contribution in [0.25, 0.3) is 0 Å². The number of carbonyl (C=O) groups is 1. The van der Waals surface area contributed by atoms with Gasteiger partial charge in [-0.05, 0) is 48.7 Å². The second-order valence-corrected chi connectivity index (χ2v) is 11.3. The third kappa shape index (κ3) is 4.99. The number of carbonyl (C=O) groups excluding carboxylic acids is 1. The van der Waals surface area contributed by atoms with Crippen molar-refractivity contribution < 1.29 is 13.2 Å². The third-order valence-electron chi connectivity index (χ3n) is 5.17. The van der Waals surface area contributed by atoms with Crippen LogP contribution in [-0.2, 0) is 16.3 Å². The van der Waals surface area contributed by atoms with E-state index >= 15 is 0 Å². The van der Waals surface area contributed by atoms with Crippen LogP contribution < -0.4 is 10.6 Å². The first-order valence-electron chi connectivity index (χ1n) is 9.64. The molecule has 0 aliphatic carbocycles. The fourth-order valence-electron chi connectivity index (χ4n) is 3.50. The van der Waals surface area contributed by atoms with Gasteiger partial charge in [0.2, 0.25) is 0 Å². The zero-order valence-electron chi connectivity index (χ0n) is 16.4. The zero-order valence-corrected chi connectivity index (χ0v) is 18.8. The summed E-state index contributed by atoms with van der Waals surface area (Å²) in [5, 5.41) is 7.60. The maximum absolute atomic E-state index is 12.6. The van der Waals surface area contributed by atoms with E-state index in [0.717, 1.165) is 23.2 Å². The van der Waals surface area contributed by atoms with Gasteiger partial charge in [-0.1, -0.05) is 41.6 Å². The molecule has 0 saturated carbocycles. The van der Waals surface area contributed by atoms with Crippen LogP contribution in [0.4, 0.5) is 5.69 Å². The molecule has 2 aliphatic heterocycles. The minimum atomic E-state index is -2.97. The number of nitrogens with zero attached hydrogens (tertiary/aromatic N) is 1. The van der Waals surface area contributed by atoms with Crippen LogP contribution in [0.3, 0.4) is 0 Å². The standard InChI is InChI=1S/C21H22ClN3O3S2/c1-13-2-5-15(20(26)23-9-8-14-3-6-16(22)7-4-14)10-17(13)24-21-25-18-11-30(27,28)12-19(18)29-21/h2-7,10,18-19H,8-9,11-12H2,1H3,(H,23,26)(H,24,25)/t18-,19+/m1/s1. The number of aryl methyl sites for hydroxylation is 1. The number of benzene rings is 2. The van der Waals surface area contributed by atoms with Crippen LogP contribution in [0.1, 0.15) is 21.5 Å². The van der Waals surface area contributed by atoms with Crippen LogP contribution in [0.15, 0.2) is 47.5 Å². The fourth-order valence-corrected chi connectivity index (χ4v) is 7.30. The Morgan fingerprint density at radius 3 is 2.70 bits per heavy atom. The van der Waals surface area contributed by atoms with Crippen LogP contribution in [0.5, 0.6) is 0 Å². The summed E-state index contributed by atoms with van der Waals surface area (Å²) in [5.41, 5.74) is 3.45. The van der Waals surface area contributed by atoms with Crippen LogP contribution in [-0.4, -0.2) is 48.8 Å². The number of aliphatic imine (C=N–C) groups is 1. The van der Waals surface area contributed by atoms with E-state index < -0.39 is 9.84 Å². The van der Waals surface area contributed by atoms with Crippen molar-refractivity contribution in [2.24, 2.45) is 4.99 Å². The molecule has 2 heterocycles. The molecule has 2 aromatic carbocycles. The summed E-state index contributed by atoms with van der Waals surface area (Å²) in [4.78, 5) is 17.1. The van der Waals surface area contributed by atoms with Crippen molar-refractivity contribution in [1.29, 1.82) is 0 Å². The smallest absolute Gasteiger partial charge is 0.251 e. The Hall–Kier alpha value is -2.03. The Morgan fingerprint density at radius 1 is 1.20 bits per heavy atom. The van der Waals surface area contributed by atoms with E-state index in [1.54, 1.807) is 12.1 Å². The van der Waals surface area contributed by atoms with E-state index in [4.69, 9.17) is 11.6 Å². The number of fused-ring (bicyclic) bond motifs is 1. The van der Waals surface area contributed by atoms with Crippen molar-refractivity contribution in [3.63, 3.8) is 0 Å². The first kappa shape index (κ1) is 21.2. The van der Waals surface area contributed by atoms with Crippen LogP contribution in [0, 0.1) is 6.92 Å². The predicted molar refractivity (Wildman–Crippen MR) is 124 cm³/mol. The minimum absolute atomic E-state index is 0.0165. The number of amides is 1. The molecule has 30 heavy (non-hydrogen) atoms. The van der Waals surface area contributed by atoms with E-state index in [1.807, 2.05) is 37.3 Å². The molecular formula is C21H22ClN3O3S2. The second kappa shape index (κ2) is 8.61. The molecule has 1 fully saturated rings. The highest BCUT2D eigenvalue weighted by molar-refractivity contribution is 8.15. The maximum Gasteiger partial charge on any atom is 0.251 e. The minimum Gasteiger partial charge on any atom is -0.352 e. The van der Waals surface area contributed by atoms with Gasteiger partial charge < -0.3 is 10.6 Å². The highest BCUT2D eigenvalue weighted by Gasteiger charge is 2.42. The summed E-state index contributed by atoms with van der Waals surface area (Å²) in [6.07, 6.45) is 0.721.